The standard InChI is InChI=1S/C18H26N4O3/c1-12(10-14(23)13-8-6-5-7-9-13)20-17(24)19-11-15-21-16(25-22-15)18(2,3)4/h5-9,12,14,23H,10-11H2,1-4H3,(H2,19,20,24). The zero-order chi connectivity index (χ0) is 18.4. The topological polar surface area (TPSA) is 100 Å². The number of amides is 2. The molecule has 0 fully saturated rings. The summed E-state index contributed by atoms with van der Waals surface area (Å²) in [7, 11) is 0. The Labute approximate surface area is 147 Å². The smallest absolute Gasteiger partial charge is 0.315 e. The van der Waals surface area contributed by atoms with Crippen molar-refractivity contribution < 1.29 is 14.4 Å². The number of nitrogens with one attached hydrogen (secondary N) is 2. The Morgan fingerprint density at radius 2 is 1.96 bits per heavy atom. The predicted molar refractivity (Wildman–Crippen MR) is 93.9 cm³/mol. The lowest BCUT2D eigenvalue weighted by molar-refractivity contribution is 0.154. The van der Waals surface area contributed by atoms with E-state index in [1.165, 1.54) is 0 Å². The van der Waals surface area contributed by atoms with E-state index in [0.717, 1.165) is 5.56 Å². The largest absolute Gasteiger partial charge is 0.388 e. The maximum atomic E-state index is 12.0. The second-order valence-corrected chi connectivity index (χ2v) is 7.16. The third-order valence-corrected chi connectivity index (χ3v) is 3.66. The summed E-state index contributed by atoms with van der Waals surface area (Å²) in [6.45, 7) is 7.95. The van der Waals surface area contributed by atoms with Crippen molar-refractivity contribution in [2.45, 2.75) is 58.2 Å². The molecule has 2 rings (SSSR count). The van der Waals surface area contributed by atoms with E-state index in [1.807, 2.05) is 58.0 Å². The van der Waals surface area contributed by atoms with E-state index in [4.69, 9.17) is 4.52 Å². The highest BCUT2D eigenvalue weighted by Gasteiger charge is 2.22. The van der Waals surface area contributed by atoms with E-state index in [2.05, 4.69) is 20.8 Å². The van der Waals surface area contributed by atoms with Gasteiger partial charge >= 0.3 is 6.03 Å². The van der Waals surface area contributed by atoms with Crippen molar-refractivity contribution >= 4 is 6.03 Å². The second-order valence-electron chi connectivity index (χ2n) is 7.16. The van der Waals surface area contributed by atoms with Crippen LogP contribution in [0.2, 0.25) is 0 Å². The van der Waals surface area contributed by atoms with Crippen LogP contribution in [0.25, 0.3) is 0 Å². The molecule has 2 unspecified atom stereocenters. The molecule has 2 aromatic rings. The summed E-state index contributed by atoms with van der Waals surface area (Å²) in [6.07, 6.45) is -0.198. The van der Waals surface area contributed by atoms with Crippen LogP contribution in [0.3, 0.4) is 0 Å². The van der Waals surface area contributed by atoms with Crippen LogP contribution >= 0.6 is 0 Å². The molecular weight excluding hydrogens is 320 g/mol. The third kappa shape index (κ3) is 5.86. The Kier molecular flexibility index (Phi) is 6.14. The van der Waals surface area contributed by atoms with Crippen LogP contribution in [0.4, 0.5) is 4.79 Å². The molecule has 2 atom stereocenters. The number of aliphatic hydroxyl groups excluding tert-OH is 1. The number of carbonyl (C=O) groups excluding carboxylic acids is 1. The number of urea groups is 1. The molecule has 0 aliphatic heterocycles. The molecule has 0 bridgehead atoms. The first-order valence-electron chi connectivity index (χ1n) is 8.36. The van der Waals surface area contributed by atoms with E-state index in [-0.39, 0.29) is 24.0 Å². The molecule has 2 amide bonds. The number of aromatic nitrogens is 2. The Hall–Kier alpha value is -2.41. The van der Waals surface area contributed by atoms with Gasteiger partial charge in [0.2, 0.25) is 5.89 Å². The summed E-state index contributed by atoms with van der Waals surface area (Å²) in [5.74, 6) is 0.959. The maximum absolute atomic E-state index is 12.0. The lowest BCUT2D eigenvalue weighted by atomic mass is 9.97. The van der Waals surface area contributed by atoms with Crippen molar-refractivity contribution in [1.82, 2.24) is 20.8 Å². The Morgan fingerprint density at radius 3 is 2.56 bits per heavy atom. The summed E-state index contributed by atoms with van der Waals surface area (Å²) >= 11 is 0. The molecule has 0 spiro atoms. The number of aliphatic hydroxyl groups is 1. The first-order chi connectivity index (χ1) is 11.8. The van der Waals surface area contributed by atoms with Crippen LogP contribution in [0, 0.1) is 0 Å². The molecular formula is C18H26N4O3. The van der Waals surface area contributed by atoms with Crippen molar-refractivity contribution in [3.8, 4) is 0 Å². The zero-order valence-electron chi connectivity index (χ0n) is 15.1. The number of nitrogens with zero attached hydrogens (tertiary/aromatic N) is 2. The van der Waals surface area contributed by atoms with Gasteiger partial charge in [-0.15, -0.1) is 0 Å². The van der Waals surface area contributed by atoms with Gasteiger partial charge in [0.1, 0.15) is 0 Å². The Bertz CT molecular complexity index is 679. The lowest BCUT2D eigenvalue weighted by Gasteiger charge is -2.18. The lowest BCUT2D eigenvalue weighted by Crippen LogP contribution is -2.41. The van der Waals surface area contributed by atoms with Gasteiger partial charge in [-0.3, -0.25) is 0 Å². The van der Waals surface area contributed by atoms with Crippen molar-refractivity contribution in [2.75, 3.05) is 0 Å². The van der Waals surface area contributed by atoms with Crippen LogP contribution in [-0.2, 0) is 12.0 Å². The number of hydrogen-bond donors (Lipinski definition) is 3. The van der Waals surface area contributed by atoms with Gasteiger partial charge < -0.3 is 20.3 Å². The van der Waals surface area contributed by atoms with Crippen LogP contribution in [0.1, 0.15) is 57.5 Å². The van der Waals surface area contributed by atoms with Crippen LogP contribution in [-0.4, -0.2) is 27.3 Å². The molecule has 1 aromatic heterocycles. The molecule has 0 aliphatic rings. The SMILES string of the molecule is CC(CC(O)c1ccccc1)NC(=O)NCc1noc(C(C)(C)C)n1. The van der Waals surface area contributed by atoms with Gasteiger partial charge in [-0.2, -0.15) is 4.98 Å². The van der Waals surface area contributed by atoms with E-state index in [0.29, 0.717) is 18.1 Å². The average molecular weight is 346 g/mol. The van der Waals surface area contributed by atoms with Gasteiger partial charge in [-0.25, -0.2) is 4.79 Å². The second kappa shape index (κ2) is 8.11. The maximum Gasteiger partial charge on any atom is 0.315 e. The first kappa shape index (κ1) is 18.9. The highest BCUT2D eigenvalue weighted by atomic mass is 16.5. The van der Waals surface area contributed by atoms with Crippen LogP contribution < -0.4 is 10.6 Å². The summed E-state index contributed by atoms with van der Waals surface area (Å²) in [5, 5.41) is 19.5. The molecule has 0 radical (unpaired) electrons. The summed E-state index contributed by atoms with van der Waals surface area (Å²) in [6, 6.07) is 8.84. The molecule has 136 valence electrons. The quantitative estimate of drug-likeness (QED) is 0.746. The molecule has 7 heteroatoms. The van der Waals surface area contributed by atoms with Gasteiger partial charge in [-0.05, 0) is 18.9 Å². The van der Waals surface area contributed by atoms with Gasteiger partial charge in [0.05, 0.1) is 12.6 Å². The molecule has 0 aliphatic carbocycles. The predicted octanol–water partition coefficient (Wildman–Crippen LogP) is 2.68. The fourth-order valence-corrected chi connectivity index (χ4v) is 2.27. The minimum absolute atomic E-state index is 0.180. The highest BCUT2D eigenvalue weighted by Crippen LogP contribution is 2.19. The van der Waals surface area contributed by atoms with Crippen molar-refractivity contribution in [2.24, 2.45) is 0 Å². The van der Waals surface area contributed by atoms with E-state index in [1.54, 1.807) is 0 Å². The number of hydrogen-bond acceptors (Lipinski definition) is 5. The van der Waals surface area contributed by atoms with E-state index >= 15 is 0 Å². The Balaban J connectivity index is 1.77. The van der Waals surface area contributed by atoms with Gasteiger partial charge in [-0.1, -0.05) is 56.3 Å². The van der Waals surface area contributed by atoms with Crippen molar-refractivity contribution in [3.63, 3.8) is 0 Å². The molecule has 0 saturated heterocycles. The first-order valence-corrected chi connectivity index (χ1v) is 8.36. The normalized spacial score (nSPS) is 14.0. The number of carbonyl (C=O) groups is 1. The molecule has 3 N–H and O–H groups in total. The van der Waals surface area contributed by atoms with Gasteiger partial charge in [0.25, 0.3) is 0 Å². The minimum atomic E-state index is -0.622. The van der Waals surface area contributed by atoms with Gasteiger partial charge in [0.15, 0.2) is 5.82 Å². The van der Waals surface area contributed by atoms with Crippen LogP contribution in [0.5, 0.6) is 0 Å². The fraction of sp³-hybridized carbons (Fsp3) is 0.500. The number of benzene rings is 1. The zero-order valence-corrected chi connectivity index (χ0v) is 15.1. The van der Waals surface area contributed by atoms with E-state index in [9.17, 15) is 9.90 Å². The summed E-state index contributed by atoms with van der Waals surface area (Å²) in [5.41, 5.74) is 0.605. The molecule has 25 heavy (non-hydrogen) atoms. The molecule has 7 nitrogen and oxygen atoms in total. The van der Waals surface area contributed by atoms with Crippen molar-refractivity contribution in [1.29, 1.82) is 0 Å². The number of rotatable bonds is 6. The van der Waals surface area contributed by atoms with Gasteiger partial charge in [0, 0.05) is 11.5 Å². The van der Waals surface area contributed by atoms with Crippen LogP contribution in [0.15, 0.2) is 34.9 Å². The fourth-order valence-electron chi connectivity index (χ4n) is 2.27. The highest BCUT2D eigenvalue weighted by molar-refractivity contribution is 5.74. The molecule has 1 heterocycles. The summed E-state index contributed by atoms with van der Waals surface area (Å²) < 4.78 is 5.18. The summed E-state index contributed by atoms with van der Waals surface area (Å²) in [4.78, 5) is 16.2. The van der Waals surface area contributed by atoms with E-state index < -0.39 is 6.10 Å². The Morgan fingerprint density at radius 1 is 1.28 bits per heavy atom. The monoisotopic (exact) mass is 346 g/mol. The minimum Gasteiger partial charge on any atom is -0.388 e. The van der Waals surface area contributed by atoms with Crippen molar-refractivity contribution in [3.05, 3.63) is 47.6 Å². The third-order valence-electron chi connectivity index (χ3n) is 3.66. The molecule has 1 aromatic carbocycles. The molecule has 0 saturated carbocycles. The average Bonchev–Trinajstić information content (AvgIpc) is 3.03.